The van der Waals surface area contributed by atoms with Crippen LogP contribution in [0.15, 0.2) is 18.2 Å². The molecule has 1 amide bonds. The van der Waals surface area contributed by atoms with Gasteiger partial charge in [0.15, 0.2) is 6.10 Å². The Hall–Kier alpha value is -1.30. The van der Waals surface area contributed by atoms with Gasteiger partial charge in [-0.15, -0.1) is 0 Å². The fourth-order valence-electron chi connectivity index (χ4n) is 2.06. The summed E-state index contributed by atoms with van der Waals surface area (Å²) in [4.78, 5) is 24.3. The van der Waals surface area contributed by atoms with Crippen LogP contribution >= 0.6 is 23.2 Å². The van der Waals surface area contributed by atoms with Gasteiger partial charge in [0.1, 0.15) is 6.61 Å². The van der Waals surface area contributed by atoms with Gasteiger partial charge in [0.25, 0.3) is 0 Å². The number of carbonyl (C=O) groups is 2. The SMILES string of the molecule is CN1C(=O)COC(C(=O)O)C1c1c(Cl)cccc1Cl. The first-order chi connectivity index (χ1) is 8.93. The van der Waals surface area contributed by atoms with Crippen LogP contribution in [0.5, 0.6) is 0 Å². The van der Waals surface area contributed by atoms with Crippen LogP contribution < -0.4 is 0 Å². The van der Waals surface area contributed by atoms with Gasteiger partial charge in [0.05, 0.1) is 6.04 Å². The molecular formula is C12H11Cl2NO4. The normalized spacial score (nSPS) is 23.5. The van der Waals surface area contributed by atoms with E-state index in [0.29, 0.717) is 15.6 Å². The molecule has 1 aromatic carbocycles. The summed E-state index contributed by atoms with van der Waals surface area (Å²) >= 11 is 12.1. The van der Waals surface area contributed by atoms with Crippen molar-refractivity contribution in [2.45, 2.75) is 12.1 Å². The van der Waals surface area contributed by atoms with Gasteiger partial charge in [-0.2, -0.15) is 0 Å². The van der Waals surface area contributed by atoms with Crippen molar-refractivity contribution < 1.29 is 19.4 Å². The average molecular weight is 304 g/mol. The number of amides is 1. The Bertz CT molecular complexity index is 514. The van der Waals surface area contributed by atoms with Crippen molar-refractivity contribution in [3.05, 3.63) is 33.8 Å². The Labute approximate surface area is 119 Å². The molecule has 0 aromatic heterocycles. The van der Waals surface area contributed by atoms with E-state index in [1.54, 1.807) is 18.2 Å². The molecule has 1 heterocycles. The summed E-state index contributed by atoms with van der Waals surface area (Å²) < 4.78 is 5.09. The number of carbonyl (C=O) groups excluding carboxylic acids is 1. The molecule has 0 bridgehead atoms. The number of hydrogen-bond donors (Lipinski definition) is 1. The van der Waals surface area contributed by atoms with Crippen LogP contribution in [0.1, 0.15) is 11.6 Å². The first-order valence-electron chi connectivity index (χ1n) is 5.47. The standard InChI is InChI=1S/C12H11Cl2NO4/c1-15-8(16)5-19-11(12(17)18)10(15)9-6(13)3-2-4-7(9)14/h2-4,10-11H,5H2,1H3,(H,17,18). The van der Waals surface area contributed by atoms with Crippen molar-refractivity contribution in [2.75, 3.05) is 13.7 Å². The quantitative estimate of drug-likeness (QED) is 0.907. The van der Waals surface area contributed by atoms with Gasteiger partial charge in [-0.25, -0.2) is 4.79 Å². The van der Waals surface area contributed by atoms with Crippen LogP contribution in [0.25, 0.3) is 0 Å². The fourth-order valence-corrected chi connectivity index (χ4v) is 2.68. The van der Waals surface area contributed by atoms with Crippen LogP contribution in [-0.2, 0) is 14.3 Å². The maximum absolute atomic E-state index is 11.7. The zero-order chi connectivity index (χ0) is 14.2. The smallest absolute Gasteiger partial charge is 0.335 e. The maximum atomic E-state index is 11.7. The van der Waals surface area contributed by atoms with E-state index in [1.807, 2.05) is 0 Å². The molecule has 0 spiro atoms. The minimum Gasteiger partial charge on any atom is -0.479 e. The monoisotopic (exact) mass is 303 g/mol. The fraction of sp³-hybridized carbons (Fsp3) is 0.333. The summed E-state index contributed by atoms with van der Waals surface area (Å²) in [6, 6.07) is 3.98. The predicted molar refractivity (Wildman–Crippen MR) is 69.3 cm³/mol. The Kier molecular flexibility index (Phi) is 3.99. The Morgan fingerprint density at radius 2 is 2.00 bits per heavy atom. The third kappa shape index (κ3) is 2.54. The van der Waals surface area contributed by atoms with E-state index in [1.165, 1.54) is 11.9 Å². The number of nitrogens with zero attached hydrogens (tertiary/aromatic N) is 1. The summed E-state index contributed by atoms with van der Waals surface area (Å²) in [7, 11) is 1.51. The predicted octanol–water partition coefficient (Wildman–Crippen LogP) is 1.98. The molecule has 1 saturated heterocycles. The lowest BCUT2D eigenvalue weighted by molar-refractivity contribution is -0.171. The van der Waals surface area contributed by atoms with Gasteiger partial charge in [0, 0.05) is 22.7 Å². The molecule has 1 N–H and O–H groups in total. The molecule has 2 atom stereocenters. The Balaban J connectivity index is 2.53. The number of carboxylic acids is 1. The lowest BCUT2D eigenvalue weighted by Gasteiger charge is -2.37. The number of aliphatic carboxylic acids is 1. The summed E-state index contributed by atoms with van der Waals surface area (Å²) in [5.41, 5.74) is 0.383. The van der Waals surface area contributed by atoms with Gasteiger partial charge in [-0.05, 0) is 12.1 Å². The van der Waals surface area contributed by atoms with E-state index in [2.05, 4.69) is 0 Å². The van der Waals surface area contributed by atoms with Gasteiger partial charge in [-0.3, -0.25) is 4.79 Å². The molecule has 0 radical (unpaired) electrons. The molecular weight excluding hydrogens is 293 g/mol. The van der Waals surface area contributed by atoms with Crippen molar-refractivity contribution in [3.63, 3.8) is 0 Å². The van der Waals surface area contributed by atoms with Gasteiger partial charge in [0.2, 0.25) is 5.91 Å². The number of rotatable bonds is 2. The zero-order valence-corrected chi connectivity index (χ0v) is 11.5. The van der Waals surface area contributed by atoms with Gasteiger partial charge in [-0.1, -0.05) is 29.3 Å². The largest absolute Gasteiger partial charge is 0.479 e. The Morgan fingerprint density at radius 3 is 2.53 bits per heavy atom. The van der Waals surface area contributed by atoms with E-state index in [-0.39, 0.29) is 12.5 Å². The summed E-state index contributed by atoms with van der Waals surface area (Å²) in [6.07, 6.45) is -1.19. The van der Waals surface area contributed by atoms with Gasteiger partial charge >= 0.3 is 5.97 Å². The van der Waals surface area contributed by atoms with Crippen LogP contribution in [0.3, 0.4) is 0 Å². The Morgan fingerprint density at radius 1 is 1.42 bits per heavy atom. The van der Waals surface area contributed by atoms with Crippen molar-refractivity contribution in [2.24, 2.45) is 0 Å². The highest BCUT2D eigenvalue weighted by molar-refractivity contribution is 6.36. The summed E-state index contributed by atoms with van der Waals surface area (Å²) in [5, 5.41) is 9.81. The van der Waals surface area contributed by atoms with Crippen molar-refractivity contribution in [1.29, 1.82) is 0 Å². The highest BCUT2D eigenvalue weighted by Gasteiger charge is 2.41. The summed E-state index contributed by atoms with van der Waals surface area (Å²) in [6.45, 7) is -0.272. The van der Waals surface area contributed by atoms with E-state index < -0.39 is 18.1 Å². The second-order valence-electron chi connectivity index (χ2n) is 4.15. The van der Waals surface area contributed by atoms with Crippen LogP contribution in [-0.4, -0.2) is 41.6 Å². The molecule has 102 valence electrons. The molecule has 2 rings (SSSR count). The number of morpholine rings is 1. The number of hydrogen-bond acceptors (Lipinski definition) is 3. The molecule has 1 aromatic rings. The lowest BCUT2D eigenvalue weighted by atomic mass is 9.98. The molecule has 19 heavy (non-hydrogen) atoms. The van der Waals surface area contributed by atoms with Crippen molar-refractivity contribution in [3.8, 4) is 0 Å². The van der Waals surface area contributed by atoms with Crippen molar-refractivity contribution >= 4 is 35.1 Å². The van der Waals surface area contributed by atoms with Crippen molar-refractivity contribution in [1.82, 2.24) is 4.90 Å². The first kappa shape index (κ1) is 14.1. The number of carboxylic acid groups (broad SMARTS) is 1. The van der Waals surface area contributed by atoms with Crippen LogP contribution in [0, 0.1) is 0 Å². The second kappa shape index (κ2) is 5.36. The highest BCUT2D eigenvalue weighted by atomic mass is 35.5. The lowest BCUT2D eigenvalue weighted by Crippen LogP contribution is -2.50. The van der Waals surface area contributed by atoms with Gasteiger partial charge < -0.3 is 14.7 Å². The van der Waals surface area contributed by atoms with E-state index >= 15 is 0 Å². The minimum absolute atomic E-state index is 0.272. The summed E-state index contributed by atoms with van der Waals surface area (Å²) in [5.74, 6) is -1.49. The first-order valence-corrected chi connectivity index (χ1v) is 6.23. The second-order valence-corrected chi connectivity index (χ2v) is 4.97. The average Bonchev–Trinajstić information content (AvgIpc) is 2.33. The van der Waals surface area contributed by atoms with E-state index in [0.717, 1.165) is 0 Å². The zero-order valence-electron chi connectivity index (χ0n) is 9.97. The maximum Gasteiger partial charge on any atom is 0.335 e. The molecule has 7 heteroatoms. The third-order valence-corrected chi connectivity index (χ3v) is 3.68. The molecule has 1 aliphatic rings. The molecule has 1 aliphatic heterocycles. The van der Waals surface area contributed by atoms with E-state index in [9.17, 15) is 14.7 Å². The molecule has 0 saturated carbocycles. The molecule has 0 aliphatic carbocycles. The van der Waals surface area contributed by atoms with Crippen LogP contribution in [0.2, 0.25) is 10.0 Å². The minimum atomic E-state index is -1.19. The molecule has 5 nitrogen and oxygen atoms in total. The number of ether oxygens (including phenoxy) is 1. The topological polar surface area (TPSA) is 66.8 Å². The number of likely N-dealkylation sites (N-methyl/N-ethyl adjacent to an activating group) is 1. The molecule has 1 fully saturated rings. The molecule has 2 unspecified atom stereocenters. The third-order valence-electron chi connectivity index (χ3n) is 3.02. The van der Waals surface area contributed by atoms with Crippen LogP contribution in [0.4, 0.5) is 0 Å². The highest BCUT2D eigenvalue weighted by Crippen LogP contribution is 2.37. The number of halogens is 2. The number of benzene rings is 1. The van der Waals surface area contributed by atoms with E-state index in [4.69, 9.17) is 27.9 Å².